The predicted octanol–water partition coefficient (Wildman–Crippen LogP) is 2.66. The molecule has 0 aromatic heterocycles. The third-order valence-corrected chi connectivity index (χ3v) is 4.53. The first-order valence-corrected chi connectivity index (χ1v) is 8.49. The van der Waals surface area contributed by atoms with Crippen LogP contribution in [0.25, 0.3) is 0 Å². The van der Waals surface area contributed by atoms with Crippen LogP contribution in [0.4, 0.5) is 4.79 Å². The van der Waals surface area contributed by atoms with E-state index < -0.39 is 0 Å². The van der Waals surface area contributed by atoms with Crippen molar-refractivity contribution < 1.29 is 9.53 Å². The second kappa shape index (κ2) is 8.20. The Bertz CT molecular complexity index is 517. The smallest absolute Gasteiger partial charge is 0.320 e. The van der Waals surface area contributed by atoms with Crippen LogP contribution in [0.5, 0.6) is 5.75 Å². The van der Waals surface area contributed by atoms with E-state index >= 15 is 0 Å². The number of hydrogen-bond donors (Lipinski definition) is 0. The molecule has 128 valence electrons. The van der Waals surface area contributed by atoms with Gasteiger partial charge in [-0.1, -0.05) is 12.1 Å². The summed E-state index contributed by atoms with van der Waals surface area (Å²) in [7, 11) is 1.69. The van der Waals surface area contributed by atoms with Gasteiger partial charge in [-0.15, -0.1) is 0 Å². The zero-order chi connectivity index (χ0) is 16.8. The van der Waals surface area contributed by atoms with Crippen molar-refractivity contribution in [2.45, 2.75) is 33.4 Å². The van der Waals surface area contributed by atoms with Gasteiger partial charge in [0.15, 0.2) is 0 Å². The van der Waals surface area contributed by atoms with Gasteiger partial charge in [0.2, 0.25) is 0 Å². The highest BCUT2D eigenvalue weighted by molar-refractivity contribution is 5.74. The van der Waals surface area contributed by atoms with E-state index in [1.54, 1.807) is 7.11 Å². The maximum absolute atomic E-state index is 12.5. The SMILES string of the molecule is CCN(CC)C(=O)N1CCN(Cc2cccc(OC)c2)C[C@@H]1C. The summed E-state index contributed by atoms with van der Waals surface area (Å²) >= 11 is 0. The molecule has 0 aliphatic carbocycles. The lowest BCUT2D eigenvalue weighted by Crippen LogP contribution is -2.56. The van der Waals surface area contributed by atoms with Gasteiger partial charge in [-0.05, 0) is 38.5 Å². The van der Waals surface area contributed by atoms with Gasteiger partial charge >= 0.3 is 6.03 Å². The van der Waals surface area contributed by atoms with E-state index in [2.05, 4.69) is 24.0 Å². The van der Waals surface area contributed by atoms with Crippen LogP contribution in [-0.2, 0) is 6.54 Å². The zero-order valence-corrected chi connectivity index (χ0v) is 14.8. The number of ether oxygens (including phenoxy) is 1. The number of piperazine rings is 1. The fraction of sp³-hybridized carbons (Fsp3) is 0.611. The molecule has 1 heterocycles. The van der Waals surface area contributed by atoms with Crippen molar-refractivity contribution in [2.24, 2.45) is 0 Å². The molecule has 2 rings (SSSR count). The van der Waals surface area contributed by atoms with Gasteiger partial charge in [-0.3, -0.25) is 4.90 Å². The zero-order valence-electron chi connectivity index (χ0n) is 14.8. The molecule has 0 radical (unpaired) electrons. The Kier molecular flexibility index (Phi) is 6.28. The number of urea groups is 1. The lowest BCUT2D eigenvalue weighted by atomic mass is 10.1. The van der Waals surface area contributed by atoms with Gasteiger partial charge in [0.1, 0.15) is 5.75 Å². The topological polar surface area (TPSA) is 36.0 Å². The molecule has 0 unspecified atom stereocenters. The summed E-state index contributed by atoms with van der Waals surface area (Å²) < 4.78 is 5.29. The van der Waals surface area contributed by atoms with E-state index in [0.717, 1.165) is 45.0 Å². The Morgan fingerprint density at radius 3 is 2.65 bits per heavy atom. The van der Waals surface area contributed by atoms with E-state index in [1.807, 2.05) is 35.8 Å². The molecule has 5 heteroatoms. The van der Waals surface area contributed by atoms with Gasteiger partial charge in [0, 0.05) is 45.3 Å². The predicted molar refractivity (Wildman–Crippen MR) is 92.8 cm³/mol. The quantitative estimate of drug-likeness (QED) is 0.837. The number of carbonyl (C=O) groups excluding carboxylic acids is 1. The largest absolute Gasteiger partial charge is 0.497 e. The number of nitrogens with zero attached hydrogens (tertiary/aromatic N) is 3. The minimum Gasteiger partial charge on any atom is -0.497 e. The Morgan fingerprint density at radius 1 is 1.30 bits per heavy atom. The summed E-state index contributed by atoms with van der Waals surface area (Å²) in [6.45, 7) is 11.3. The van der Waals surface area contributed by atoms with Crippen molar-refractivity contribution in [3.63, 3.8) is 0 Å². The number of carbonyl (C=O) groups is 1. The first-order chi connectivity index (χ1) is 11.1. The van der Waals surface area contributed by atoms with Gasteiger partial charge in [0.25, 0.3) is 0 Å². The number of methoxy groups -OCH3 is 1. The van der Waals surface area contributed by atoms with Crippen molar-refractivity contribution in [3.05, 3.63) is 29.8 Å². The molecular weight excluding hydrogens is 290 g/mol. The Labute approximate surface area is 139 Å². The second-order valence-corrected chi connectivity index (χ2v) is 6.08. The molecule has 1 fully saturated rings. The molecule has 1 aromatic rings. The molecule has 1 saturated heterocycles. The fourth-order valence-electron chi connectivity index (χ4n) is 3.17. The van der Waals surface area contributed by atoms with E-state index in [1.165, 1.54) is 5.56 Å². The maximum Gasteiger partial charge on any atom is 0.320 e. The second-order valence-electron chi connectivity index (χ2n) is 6.08. The van der Waals surface area contributed by atoms with E-state index in [0.29, 0.717) is 0 Å². The standard InChI is InChI=1S/C18H29N3O2/c1-5-20(6-2)18(22)21-11-10-19(13-15(21)3)14-16-8-7-9-17(12-16)23-4/h7-9,12,15H,5-6,10-11,13-14H2,1-4H3/t15-/m0/s1. The van der Waals surface area contributed by atoms with Crippen molar-refractivity contribution in [2.75, 3.05) is 39.8 Å². The molecule has 0 bridgehead atoms. The van der Waals surface area contributed by atoms with E-state index in [-0.39, 0.29) is 12.1 Å². The summed E-state index contributed by atoms with van der Waals surface area (Å²) in [5, 5.41) is 0. The minimum absolute atomic E-state index is 0.170. The molecule has 23 heavy (non-hydrogen) atoms. The third kappa shape index (κ3) is 4.38. The Balaban J connectivity index is 1.94. The molecule has 2 amide bonds. The molecule has 1 atom stereocenters. The highest BCUT2D eigenvalue weighted by atomic mass is 16.5. The van der Waals surface area contributed by atoms with Crippen molar-refractivity contribution in [1.82, 2.24) is 14.7 Å². The first kappa shape index (κ1) is 17.6. The lowest BCUT2D eigenvalue weighted by molar-refractivity contribution is 0.0793. The van der Waals surface area contributed by atoms with Gasteiger partial charge in [-0.2, -0.15) is 0 Å². The van der Waals surface area contributed by atoms with E-state index in [9.17, 15) is 4.79 Å². The average Bonchev–Trinajstić information content (AvgIpc) is 2.56. The first-order valence-electron chi connectivity index (χ1n) is 8.49. The Morgan fingerprint density at radius 2 is 2.04 bits per heavy atom. The third-order valence-electron chi connectivity index (χ3n) is 4.53. The maximum atomic E-state index is 12.5. The van der Waals surface area contributed by atoms with Gasteiger partial charge < -0.3 is 14.5 Å². The van der Waals surface area contributed by atoms with Crippen LogP contribution in [0.1, 0.15) is 26.3 Å². The highest BCUT2D eigenvalue weighted by Crippen LogP contribution is 2.18. The highest BCUT2D eigenvalue weighted by Gasteiger charge is 2.29. The Hall–Kier alpha value is -1.75. The molecule has 5 nitrogen and oxygen atoms in total. The normalized spacial score (nSPS) is 18.8. The summed E-state index contributed by atoms with van der Waals surface area (Å²) in [6.07, 6.45) is 0. The number of hydrogen-bond acceptors (Lipinski definition) is 3. The van der Waals surface area contributed by atoms with Crippen LogP contribution in [0.2, 0.25) is 0 Å². The van der Waals surface area contributed by atoms with Crippen LogP contribution in [0, 0.1) is 0 Å². The molecular formula is C18H29N3O2. The van der Waals surface area contributed by atoms with Crippen molar-refractivity contribution in [3.8, 4) is 5.75 Å². The number of benzene rings is 1. The minimum atomic E-state index is 0.170. The van der Waals surface area contributed by atoms with Crippen LogP contribution in [0.3, 0.4) is 0 Å². The van der Waals surface area contributed by atoms with Crippen molar-refractivity contribution in [1.29, 1.82) is 0 Å². The van der Waals surface area contributed by atoms with Crippen molar-refractivity contribution >= 4 is 6.03 Å². The summed E-state index contributed by atoms with van der Waals surface area (Å²) in [5.41, 5.74) is 1.25. The number of rotatable bonds is 5. The monoisotopic (exact) mass is 319 g/mol. The summed E-state index contributed by atoms with van der Waals surface area (Å²) in [4.78, 5) is 18.9. The summed E-state index contributed by atoms with van der Waals surface area (Å²) in [6, 6.07) is 8.61. The van der Waals surface area contributed by atoms with Gasteiger partial charge in [-0.25, -0.2) is 4.79 Å². The van der Waals surface area contributed by atoms with Crippen LogP contribution in [-0.4, -0.2) is 66.6 Å². The average molecular weight is 319 g/mol. The molecule has 1 aliphatic rings. The van der Waals surface area contributed by atoms with Crippen LogP contribution in [0.15, 0.2) is 24.3 Å². The van der Waals surface area contributed by atoms with Crippen LogP contribution < -0.4 is 4.74 Å². The van der Waals surface area contributed by atoms with E-state index in [4.69, 9.17) is 4.74 Å². The van der Waals surface area contributed by atoms with Gasteiger partial charge in [0.05, 0.1) is 7.11 Å². The van der Waals surface area contributed by atoms with Crippen LogP contribution >= 0.6 is 0 Å². The molecule has 0 N–H and O–H groups in total. The lowest BCUT2D eigenvalue weighted by Gasteiger charge is -2.41. The fourth-order valence-corrected chi connectivity index (χ4v) is 3.17. The molecule has 0 saturated carbocycles. The number of amides is 2. The molecule has 0 spiro atoms. The molecule has 1 aromatic carbocycles. The molecule has 1 aliphatic heterocycles. The summed E-state index contributed by atoms with van der Waals surface area (Å²) in [5.74, 6) is 0.894.